The van der Waals surface area contributed by atoms with Gasteiger partial charge in [-0.1, -0.05) is 0 Å². The summed E-state index contributed by atoms with van der Waals surface area (Å²) < 4.78 is 79.8. The fraction of sp³-hybridized carbons (Fsp3) is 0.524. The first kappa shape index (κ1) is 30.8. The average Bonchev–Trinajstić information content (AvgIpc) is 3.72. The highest BCUT2D eigenvalue weighted by Crippen LogP contribution is 2.54. The molecule has 0 amide bonds. The third-order valence-electron chi connectivity index (χ3n) is 7.33. The first-order chi connectivity index (χ1) is 21.3. The van der Waals surface area contributed by atoms with Crippen LogP contribution < -0.4 is 11.3 Å². The highest BCUT2D eigenvalue weighted by atomic mass is 32.5. The van der Waals surface area contributed by atoms with Crippen LogP contribution in [0.1, 0.15) is 18.3 Å². The van der Waals surface area contributed by atoms with E-state index in [1.54, 1.807) is 0 Å². The summed E-state index contributed by atoms with van der Waals surface area (Å²) in [4.78, 5) is 56.6. The van der Waals surface area contributed by atoms with Crippen LogP contribution in [0.15, 0.2) is 23.8 Å². The molecule has 3 fully saturated rings. The summed E-state index contributed by atoms with van der Waals surface area (Å²) in [6.07, 6.45) is -10.4. The molecule has 10 atom stereocenters. The van der Waals surface area contributed by atoms with Gasteiger partial charge in [-0.05, 0) is 18.7 Å². The Morgan fingerprint density at radius 1 is 0.956 bits per heavy atom. The van der Waals surface area contributed by atoms with Gasteiger partial charge in [-0.2, -0.15) is 0 Å². The van der Waals surface area contributed by atoms with Crippen molar-refractivity contribution in [2.24, 2.45) is 0 Å². The largest absolute Gasteiger partial charge is 0.472 e. The van der Waals surface area contributed by atoms with E-state index < -0.39 is 82.5 Å². The number of nitrogen functional groups attached to an aromatic ring is 1. The fourth-order valence-electron chi connectivity index (χ4n) is 5.33. The van der Waals surface area contributed by atoms with Gasteiger partial charge in [0.05, 0.1) is 25.9 Å². The minimum atomic E-state index is -5.13. The molecule has 3 aliphatic rings. The zero-order valence-corrected chi connectivity index (χ0v) is 25.3. The van der Waals surface area contributed by atoms with Crippen molar-refractivity contribution in [1.82, 2.24) is 39.0 Å². The molecule has 4 aromatic rings. The SMILES string of the molecule is Cc1nc2c(ncn2[C@@H]2O[C@@H]3COP(=O)(O)O[C@@H]4C(F)[C@H](n5cnc6c(N)ncnc65)O[C@@H]4COP(O)(=S)O[C@H]2C3F)c(=O)[nH]1. The number of ether oxygens (including phenoxy) is 2. The van der Waals surface area contributed by atoms with E-state index in [9.17, 15) is 19.1 Å². The molecule has 45 heavy (non-hydrogen) atoms. The monoisotopic (exact) mass is 693 g/mol. The molecular weight excluding hydrogens is 670 g/mol. The quantitative estimate of drug-likeness (QED) is 0.208. The first-order valence-corrected chi connectivity index (χ1v) is 17.2. The molecule has 24 heteroatoms. The van der Waals surface area contributed by atoms with Crippen LogP contribution in [0.2, 0.25) is 0 Å². The number of fused-ring (bicyclic) bond motifs is 5. The summed E-state index contributed by atoms with van der Waals surface area (Å²) in [6.45, 7) is -4.49. The molecule has 3 saturated heterocycles. The molecule has 0 saturated carbocycles. The van der Waals surface area contributed by atoms with Crippen molar-refractivity contribution in [3.8, 4) is 0 Å². The van der Waals surface area contributed by atoms with Crippen molar-refractivity contribution in [3.63, 3.8) is 0 Å². The Morgan fingerprint density at radius 2 is 1.64 bits per heavy atom. The topological polar surface area (TPSA) is 246 Å². The second kappa shape index (κ2) is 11.1. The average molecular weight is 693 g/mol. The van der Waals surface area contributed by atoms with E-state index >= 15 is 8.78 Å². The number of hydrogen-bond acceptors (Lipinski definition) is 15. The molecule has 4 unspecified atom stereocenters. The van der Waals surface area contributed by atoms with Crippen LogP contribution in [-0.2, 0) is 43.9 Å². The molecule has 0 aromatic carbocycles. The van der Waals surface area contributed by atoms with Crippen molar-refractivity contribution < 1.29 is 50.7 Å². The predicted molar refractivity (Wildman–Crippen MR) is 148 cm³/mol. The second-order valence-corrected chi connectivity index (χ2v) is 14.4. The summed E-state index contributed by atoms with van der Waals surface area (Å²) in [5.74, 6) is 0.233. The third kappa shape index (κ3) is 5.48. The number of phosphoric ester groups is 1. The summed E-state index contributed by atoms with van der Waals surface area (Å²) >= 11 is 5.15. The summed E-state index contributed by atoms with van der Waals surface area (Å²) in [5.41, 5.74) is 5.38. The maximum atomic E-state index is 15.9. The van der Waals surface area contributed by atoms with Crippen LogP contribution in [0.4, 0.5) is 14.6 Å². The van der Waals surface area contributed by atoms with Gasteiger partial charge in [0, 0.05) is 0 Å². The Hall–Kier alpha value is -2.88. The predicted octanol–water partition coefficient (Wildman–Crippen LogP) is 0.456. The van der Waals surface area contributed by atoms with Gasteiger partial charge in [0.1, 0.15) is 42.1 Å². The van der Waals surface area contributed by atoms with Gasteiger partial charge < -0.3 is 34.5 Å². The van der Waals surface area contributed by atoms with Crippen LogP contribution >= 0.6 is 14.5 Å². The molecular formula is C21H23F2N9O10P2S. The standard InChI is InChI=1S/C21H23F2N9O10P2S/c1-7-29-18-13(19(33)30-7)28-6-32(18)21-15-10(22)8(39-21)2-37-43(34,35)41-14-9(3-38-44(36,45)42-15)40-20(11(14)23)31-5-27-12-16(24)25-4-26-17(12)31/h4-6,8-11,14-15,20-21H,2-3H2,1H3,(H,34,35)(H,36,45)(H2,24,25,26)(H,29,30,33)/t8-,9-,10?,11?,14+,15+,20-,21-,44?/m1/s1. The van der Waals surface area contributed by atoms with Crippen LogP contribution in [0.25, 0.3) is 22.3 Å². The zero-order valence-electron chi connectivity index (χ0n) is 22.7. The van der Waals surface area contributed by atoms with Crippen LogP contribution in [0.3, 0.4) is 0 Å². The van der Waals surface area contributed by atoms with Gasteiger partial charge in [0.2, 0.25) is 0 Å². The number of aromatic amines is 1. The number of aryl methyl sites for hydroxylation is 1. The molecule has 7 heterocycles. The molecule has 7 rings (SSSR count). The molecule has 0 radical (unpaired) electrons. The lowest BCUT2D eigenvalue weighted by Gasteiger charge is -2.27. The van der Waals surface area contributed by atoms with E-state index in [2.05, 4.69) is 29.9 Å². The number of alkyl halides is 2. The zero-order chi connectivity index (χ0) is 31.8. The highest BCUT2D eigenvalue weighted by Gasteiger charge is 2.54. The summed E-state index contributed by atoms with van der Waals surface area (Å²) in [7, 11) is -5.13. The van der Waals surface area contributed by atoms with Crippen molar-refractivity contribution in [3.05, 3.63) is 35.2 Å². The fourth-order valence-corrected chi connectivity index (χ4v) is 7.69. The Labute approximate surface area is 254 Å². The molecule has 242 valence electrons. The van der Waals surface area contributed by atoms with E-state index in [4.69, 9.17) is 45.1 Å². The van der Waals surface area contributed by atoms with E-state index in [1.165, 1.54) is 22.4 Å². The molecule has 4 aromatic heterocycles. The number of halogens is 2. The van der Waals surface area contributed by atoms with E-state index in [1.807, 2.05) is 0 Å². The maximum Gasteiger partial charge on any atom is 0.472 e. The number of nitrogens with zero attached hydrogens (tertiary/aromatic N) is 7. The molecule has 5 N–H and O–H groups in total. The van der Waals surface area contributed by atoms with Gasteiger partial charge in [-0.15, -0.1) is 0 Å². The van der Waals surface area contributed by atoms with Gasteiger partial charge in [0.15, 0.2) is 47.4 Å². The van der Waals surface area contributed by atoms with Gasteiger partial charge >= 0.3 is 14.5 Å². The van der Waals surface area contributed by atoms with Crippen molar-refractivity contribution in [2.75, 3.05) is 18.9 Å². The lowest BCUT2D eigenvalue weighted by atomic mass is 10.1. The first-order valence-electron chi connectivity index (χ1n) is 13.1. The summed E-state index contributed by atoms with van der Waals surface area (Å²) in [6, 6.07) is 0. The maximum absolute atomic E-state index is 15.9. The smallest absolute Gasteiger partial charge is 0.382 e. The number of phosphoric acid groups is 1. The van der Waals surface area contributed by atoms with Crippen LogP contribution in [-0.4, -0.2) is 98.8 Å². The minimum absolute atomic E-state index is 0.00524. The third-order valence-corrected chi connectivity index (χ3v) is 9.88. The van der Waals surface area contributed by atoms with Crippen molar-refractivity contribution in [1.29, 1.82) is 0 Å². The molecule has 2 bridgehead atoms. The number of imidazole rings is 2. The number of rotatable bonds is 2. The van der Waals surface area contributed by atoms with Crippen molar-refractivity contribution >= 4 is 54.5 Å². The Kier molecular flexibility index (Phi) is 7.61. The lowest BCUT2D eigenvalue weighted by molar-refractivity contribution is -0.0630. The van der Waals surface area contributed by atoms with E-state index in [0.717, 1.165) is 12.7 Å². The number of anilines is 1. The number of aromatic nitrogens is 8. The Morgan fingerprint density at radius 3 is 2.42 bits per heavy atom. The Bertz CT molecular complexity index is 1950. The van der Waals surface area contributed by atoms with Gasteiger partial charge in [-0.3, -0.25) is 27.5 Å². The van der Waals surface area contributed by atoms with Gasteiger partial charge in [0.25, 0.3) is 5.56 Å². The number of nitrogens with two attached hydrogens (primary N) is 1. The number of nitrogens with one attached hydrogen (secondary N) is 1. The molecule has 3 aliphatic heterocycles. The Balaban J connectivity index is 1.21. The molecule has 19 nitrogen and oxygen atoms in total. The van der Waals surface area contributed by atoms with E-state index in [0.29, 0.717) is 0 Å². The normalized spacial score (nSPS) is 37.7. The van der Waals surface area contributed by atoms with E-state index in [-0.39, 0.29) is 34.0 Å². The second-order valence-electron chi connectivity index (χ2n) is 10.2. The van der Waals surface area contributed by atoms with Gasteiger partial charge in [-0.25, -0.2) is 38.3 Å². The lowest BCUT2D eigenvalue weighted by Crippen LogP contribution is -2.34. The van der Waals surface area contributed by atoms with Crippen LogP contribution in [0, 0.1) is 6.92 Å². The molecule has 0 spiro atoms. The van der Waals surface area contributed by atoms with Crippen LogP contribution in [0.5, 0.6) is 0 Å². The summed E-state index contributed by atoms with van der Waals surface area (Å²) in [5, 5.41) is 0. The highest BCUT2D eigenvalue weighted by molar-refractivity contribution is 8.07. The number of hydrogen-bond donors (Lipinski definition) is 4. The van der Waals surface area contributed by atoms with Crippen molar-refractivity contribution in [2.45, 2.75) is 56.1 Å². The molecule has 0 aliphatic carbocycles. The minimum Gasteiger partial charge on any atom is -0.382 e. The number of H-pyrrole nitrogens is 1.